The molecule has 4 aromatic rings. The highest BCUT2D eigenvalue weighted by atomic mass is 35.5. The van der Waals surface area contributed by atoms with Crippen LogP contribution in [0.25, 0.3) is 10.9 Å². The summed E-state index contributed by atoms with van der Waals surface area (Å²) in [6.45, 7) is 6.81. The predicted octanol–water partition coefficient (Wildman–Crippen LogP) is 7.29. The molecule has 5 rings (SSSR count). The molecule has 2 N–H and O–H groups in total. The first-order valence-corrected chi connectivity index (χ1v) is 13.6. The second-order valence-corrected chi connectivity index (χ2v) is 12.1. The van der Waals surface area contributed by atoms with Crippen LogP contribution in [0.4, 0.5) is 20.2 Å². The van der Waals surface area contributed by atoms with E-state index in [2.05, 4.69) is 58.8 Å². The molecular weight excluding hydrogens is 569 g/mol. The molecule has 8 nitrogen and oxygen atoms in total. The molecule has 12 heteroatoms. The number of hydrogen-bond donors (Lipinski definition) is 2. The largest absolute Gasteiger partial charge is 0.383 e. The van der Waals surface area contributed by atoms with Gasteiger partial charge in [-0.15, -0.1) is 5.10 Å². The SMILES string of the molecule is CC(C)(C)CNc1c(C#N)cnc2c(Cl)cc(NC(c3cn(C4(C(F)F)CC4)nn3)c3cccc(C#N)c3Cl)cc12. The Bertz CT molecular complexity index is 1710. The Morgan fingerprint density at radius 1 is 1.12 bits per heavy atom. The van der Waals surface area contributed by atoms with E-state index in [1.807, 2.05) is 0 Å². The Morgan fingerprint density at radius 3 is 2.49 bits per heavy atom. The molecule has 1 saturated carbocycles. The monoisotopic (exact) mass is 594 g/mol. The highest BCUT2D eigenvalue weighted by Crippen LogP contribution is 2.48. The number of nitrogens with one attached hydrogen (secondary N) is 2. The maximum absolute atomic E-state index is 13.8. The van der Waals surface area contributed by atoms with Gasteiger partial charge < -0.3 is 10.6 Å². The van der Waals surface area contributed by atoms with Crippen LogP contribution in [-0.4, -0.2) is 32.9 Å². The summed E-state index contributed by atoms with van der Waals surface area (Å²) in [7, 11) is 0. The summed E-state index contributed by atoms with van der Waals surface area (Å²) in [5.74, 6) is 0. The third kappa shape index (κ3) is 5.50. The lowest BCUT2D eigenvalue weighted by atomic mass is 9.96. The van der Waals surface area contributed by atoms with Crippen molar-refractivity contribution in [3.05, 3.63) is 75.2 Å². The molecule has 1 aliphatic rings. The number of anilines is 2. The Kier molecular flexibility index (Phi) is 7.50. The molecule has 0 saturated heterocycles. The van der Waals surface area contributed by atoms with Gasteiger partial charge in [-0.25, -0.2) is 13.5 Å². The first-order chi connectivity index (χ1) is 19.5. The highest BCUT2D eigenvalue weighted by Gasteiger charge is 2.54. The van der Waals surface area contributed by atoms with Crippen molar-refractivity contribution in [3.8, 4) is 12.1 Å². The van der Waals surface area contributed by atoms with Gasteiger partial charge in [-0.05, 0) is 36.5 Å². The molecule has 1 aliphatic carbocycles. The number of alkyl halides is 2. The number of fused-ring (bicyclic) bond motifs is 1. The van der Waals surface area contributed by atoms with E-state index in [4.69, 9.17) is 23.2 Å². The van der Waals surface area contributed by atoms with E-state index in [0.717, 1.165) is 0 Å². The summed E-state index contributed by atoms with van der Waals surface area (Å²) in [6, 6.07) is 12.0. The van der Waals surface area contributed by atoms with Gasteiger partial charge in [0.05, 0.1) is 44.6 Å². The Morgan fingerprint density at radius 2 is 1.85 bits per heavy atom. The van der Waals surface area contributed by atoms with Crippen LogP contribution in [0.2, 0.25) is 10.0 Å². The minimum absolute atomic E-state index is 0.0709. The summed E-state index contributed by atoms with van der Waals surface area (Å²) in [5.41, 5.74) is 1.65. The number of hydrogen-bond acceptors (Lipinski definition) is 7. The van der Waals surface area contributed by atoms with Crippen LogP contribution in [0.1, 0.15) is 62.0 Å². The van der Waals surface area contributed by atoms with Gasteiger partial charge in [-0.2, -0.15) is 10.5 Å². The minimum Gasteiger partial charge on any atom is -0.383 e. The first kappa shape index (κ1) is 28.5. The zero-order valence-corrected chi connectivity index (χ0v) is 24.0. The first-order valence-electron chi connectivity index (χ1n) is 12.9. The number of rotatable bonds is 8. The van der Waals surface area contributed by atoms with Crippen molar-refractivity contribution in [2.24, 2.45) is 5.41 Å². The van der Waals surface area contributed by atoms with Gasteiger partial charge in [0.15, 0.2) is 0 Å². The third-order valence-electron chi connectivity index (χ3n) is 7.04. The third-order valence-corrected chi connectivity index (χ3v) is 7.75. The maximum atomic E-state index is 13.8. The molecule has 2 aromatic heterocycles. The van der Waals surface area contributed by atoms with Gasteiger partial charge in [0.1, 0.15) is 23.4 Å². The van der Waals surface area contributed by atoms with Gasteiger partial charge in [0, 0.05) is 29.4 Å². The number of nitriles is 2. The fraction of sp³-hybridized carbons (Fsp3) is 0.345. The van der Waals surface area contributed by atoms with Crippen molar-refractivity contribution in [1.29, 1.82) is 10.5 Å². The fourth-order valence-electron chi connectivity index (χ4n) is 4.61. The molecule has 0 aliphatic heterocycles. The molecule has 2 heterocycles. The summed E-state index contributed by atoms with van der Waals surface area (Å²) >= 11 is 13.3. The minimum atomic E-state index is -2.59. The standard InChI is InChI=1S/C29H26Cl2F2N8/c1-28(2,3)15-37-24-17(12-35)13-36-25-20(24)9-18(10-21(25)30)38-26(19-6-4-5-16(11-34)23(19)31)22-14-41(40-39-22)29(7-8-29)27(32)33/h4-6,9-10,13-14,26-27,38H,7-8,15H2,1-3H3,(H,36,37). The number of pyridine rings is 1. The van der Waals surface area contributed by atoms with Gasteiger partial charge in [0.2, 0.25) is 0 Å². The lowest BCUT2D eigenvalue weighted by Crippen LogP contribution is -2.26. The molecule has 1 fully saturated rings. The van der Waals surface area contributed by atoms with Crippen molar-refractivity contribution in [2.45, 2.75) is 51.6 Å². The number of halogens is 4. The van der Waals surface area contributed by atoms with Gasteiger partial charge in [-0.3, -0.25) is 4.98 Å². The van der Waals surface area contributed by atoms with E-state index in [0.29, 0.717) is 63.5 Å². The normalized spacial score (nSPS) is 14.9. The lowest BCUT2D eigenvalue weighted by molar-refractivity contribution is 0.0593. The zero-order valence-electron chi connectivity index (χ0n) is 22.5. The van der Waals surface area contributed by atoms with E-state index in [1.165, 1.54) is 17.1 Å². The van der Waals surface area contributed by atoms with Crippen molar-refractivity contribution >= 4 is 45.5 Å². The van der Waals surface area contributed by atoms with E-state index < -0.39 is 18.0 Å². The lowest BCUT2D eigenvalue weighted by Gasteiger charge is -2.23. The maximum Gasteiger partial charge on any atom is 0.263 e. The predicted molar refractivity (Wildman–Crippen MR) is 154 cm³/mol. The van der Waals surface area contributed by atoms with E-state index in [1.54, 1.807) is 30.3 Å². The average Bonchev–Trinajstić information content (AvgIpc) is 3.60. The summed E-state index contributed by atoms with van der Waals surface area (Å²) in [5, 5.41) is 35.5. The second kappa shape index (κ2) is 10.8. The van der Waals surface area contributed by atoms with Crippen molar-refractivity contribution in [3.63, 3.8) is 0 Å². The average molecular weight is 595 g/mol. The fourth-order valence-corrected chi connectivity index (χ4v) is 5.16. The van der Waals surface area contributed by atoms with Crippen LogP contribution >= 0.6 is 23.2 Å². The number of benzene rings is 2. The van der Waals surface area contributed by atoms with Gasteiger partial charge in [0.25, 0.3) is 6.43 Å². The quantitative estimate of drug-likeness (QED) is 0.220. The molecule has 0 radical (unpaired) electrons. The summed E-state index contributed by atoms with van der Waals surface area (Å²) < 4.78 is 28.9. The van der Waals surface area contributed by atoms with Crippen LogP contribution in [0, 0.1) is 28.1 Å². The molecule has 41 heavy (non-hydrogen) atoms. The molecular formula is C29H26Cl2F2N8. The number of aromatic nitrogens is 4. The zero-order chi connectivity index (χ0) is 29.5. The summed E-state index contributed by atoms with van der Waals surface area (Å²) in [6.07, 6.45) is 0.983. The van der Waals surface area contributed by atoms with Crippen LogP contribution in [0.3, 0.4) is 0 Å². The number of nitrogens with zero attached hydrogens (tertiary/aromatic N) is 6. The van der Waals surface area contributed by atoms with E-state index in [9.17, 15) is 19.3 Å². The van der Waals surface area contributed by atoms with Gasteiger partial charge in [-0.1, -0.05) is 61.3 Å². The second-order valence-electron chi connectivity index (χ2n) is 11.3. The van der Waals surface area contributed by atoms with Crippen molar-refractivity contribution in [2.75, 3.05) is 17.2 Å². The van der Waals surface area contributed by atoms with E-state index >= 15 is 0 Å². The molecule has 0 amide bonds. The molecule has 0 bridgehead atoms. The Hall–Kier alpha value is -3.99. The summed E-state index contributed by atoms with van der Waals surface area (Å²) in [4.78, 5) is 4.41. The molecule has 0 spiro atoms. The van der Waals surface area contributed by atoms with Crippen LogP contribution < -0.4 is 10.6 Å². The molecule has 2 aromatic carbocycles. The Balaban J connectivity index is 1.63. The van der Waals surface area contributed by atoms with E-state index in [-0.39, 0.29) is 16.0 Å². The van der Waals surface area contributed by atoms with Gasteiger partial charge >= 0.3 is 0 Å². The van der Waals surface area contributed by atoms with Crippen LogP contribution in [0.15, 0.2) is 42.7 Å². The smallest absolute Gasteiger partial charge is 0.263 e. The van der Waals surface area contributed by atoms with Crippen LogP contribution in [0.5, 0.6) is 0 Å². The highest BCUT2D eigenvalue weighted by molar-refractivity contribution is 6.36. The van der Waals surface area contributed by atoms with Crippen molar-refractivity contribution < 1.29 is 8.78 Å². The molecule has 210 valence electrons. The molecule has 1 atom stereocenters. The topological polar surface area (TPSA) is 115 Å². The Labute approximate surface area is 245 Å². The van der Waals surface area contributed by atoms with Crippen LogP contribution in [-0.2, 0) is 5.54 Å². The van der Waals surface area contributed by atoms with Crippen molar-refractivity contribution in [1.82, 2.24) is 20.0 Å². The molecule has 1 unspecified atom stereocenters.